The van der Waals surface area contributed by atoms with Crippen LogP contribution in [-0.2, 0) is 0 Å². The van der Waals surface area contributed by atoms with Gasteiger partial charge in [0.05, 0.1) is 5.52 Å². The molecule has 4 aromatic rings. The molecule has 0 aliphatic rings. The number of fused-ring (bicyclic) bond motifs is 1. The second-order valence-corrected chi connectivity index (χ2v) is 5.41. The lowest BCUT2D eigenvalue weighted by Gasteiger charge is -1.98. The zero-order valence-corrected chi connectivity index (χ0v) is 13.3. The first-order valence-corrected chi connectivity index (χ1v) is 7.81. The molecule has 4 rings (SSSR count). The number of imidazole rings is 1. The van der Waals surface area contributed by atoms with Gasteiger partial charge in [0, 0.05) is 23.5 Å². The molecule has 0 spiro atoms. The van der Waals surface area contributed by atoms with Crippen molar-refractivity contribution in [3.63, 3.8) is 0 Å². The molecule has 0 saturated carbocycles. The maximum absolute atomic E-state index is 11.1. The van der Waals surface area contributed by atoms with E-state index in [9.17, 15) is 4.79 Å². The van der Waals surface area contributed by atoms with Crippen molar-refractivity contribution >= 4 is 11.8 Å². The largest absolute Gasteiger partial charge is 0.298 e. The van der Waals surface area contributed by atoms with Gasteiger partial charge in [0.2, 0.25) is 0 Å². The van der Waals surface area contributed by atoms with E-state index in [-0.39, 0.29) is 0 Å². The molecule has 118 valence electrons. The van der Waals surface area contributed by atoms with E-state index in [0.717, 1.165) is 23.3 Å². The third-order valence-electron chi connectivity index (χ3n) is 3.85. The first-order valence-electron chi connectivity index (χ1n) is 7.81. The van der Waals surface area contributed by atoms with E-state index in [2.05, 4.69) is 21.8 Å². The summed E-state index contributed by atoms with van der Waals surface area (Å²) >= 11 is 0. The molecule has 4 heteroatoms. The fraction of sp³-hybridized carbons (Fsp3) is 0. The van der Waals surface area contributed by atoms with Crippen molar-refractivity contribution in [2.75, 3.05) is 0 Å². The van der Waals surface area contributed by atoms with Gasteiger partial charge in [-0.05, 0) is 36.3 Å². The van der Waals surface area contributed by atoms with Crippen LogP contribution in [0.25, 0.3) is 17.0 Å². The van der Waals surface area contributed by atoms with Crippen LogP contribution < -0.4 is 0 Å². The van der Waals surface area contributed by atoms with Gasteiger partial charge < -0.3 is 0 Å². The molecule has 3 aromatic heterocycles. The van der Waals surface area contributed by atoms with Crippen molar-refractivity contribution in [1.29, 1.82) is 0 Å². The summed E-state index contributed by atoms with van der Waals surface area (Å²) in [4.78, 5) is 20.2. The van der Waals surface area contributed by atoms with Crippen LogP contribution in [0.3, 0.4) is 0 Å². The predicted molar refractivity (Wildman–Crippen MR) is 96.2 cm³/mol. The number of nitrogens with zero attached hydrogens (tertiary/aromatic N) is 3. The number of hydrogen-bond acceptors (Lipinski definition) is 3. The summed E-state index contributed by atoms with van der Waals surface area (Å²) in [6, 6.07) is 18.8. The van der Waals surface area contributed by atoms with E-state index in [4.69, 9.17) is 0 Å². The molecular weight excluding hydrogens is 310 g/mol. The highest BCUT2D eigenvalue weighted by atomic mass is 16.1. The lowest BCUT2D eigenvalue weighted by Crippen LogP contribution is -1.90. The van der Waals surface area contributed by atoms with Crippen molar-refractivity contribution in [3.8, 4) is 23.4 Å². The highest BCUT2D eigenvalue weighted by Gasteiger charge is 2.11. The average molecular weight is 323 g/mol. The van der Waals surface area contributed by atoms with Gasteiger partial charge >= 0.3 is 0 Å². The summed E-state index contributed by atoms with van der Waals surface area (Å²) < 4.78 is 1.97. The van der Waals surface area contributed by atoms with Crippen molar-refractivity contribution in [1.82, 2.24) is 14.4 Å². The number of carbonyl (C=O) groups is 1. The lowest BCUT2D eigenvalue weighted by molar-refractivity contribution is 0.112. The Labute approximate surface area is 144 Å². The third-order valence-corrected chi connectivity index (χ3v) is 3.85. The second kappa shape index (κ2) is 6.42. The molecule has 0 saturated heterocycles. The Hall–Kier alpha value is -3.71. The van der Waals surface area contributed by atoms with Crippen LogP contribution in [-0.4, -0.2) is 20.7 Å². The predicted octanol–water partition coefficient (Wildman–Crippen LogP) is 3.61. The minimum Gasteiger partial charge on any atom is -0.298 e. The Morgan fingerprint density at radius 3 is 2.60 bits per heavy atom. The van der Waals surface area contributed by atoms with Crippen LogP contribution in [0.15, 0.2) is 73.1 Å². The van der Waals surface area contributed by atoms with Gasteiger partial charge in [-0.1, -0.05) is 36.3 Å². The summed E-state index contributed by atoms with van der Waals surface area (Å²) in [5.74, 6) is 6.90. The van der Waals surface area contributed by atoms with E-state index in [0.29, 0.717) is 16.8 Å². The van der Waals surface area contributed by atoms with Crippen LogP contribution in [0, 0.1) is 11.8 Å². The number of benzene rings is 1. The Bertz CT molecular complexity index is 1120. The fourth-order valence-corrected chi connectivity index (χ4v) is 2.65. The summed E-state index contributed by atoms with van der Waals surface area (Å²) in [6.45, 7) is 0. The van der Waals surface area contributed by atoms with Gasteiger partial charge in [-0.15, -0.1) is 0 Å². The highest BCUT2D eigenvalue weighted by Crippen LogP contribution is 2.20. The molecular formula is C21H13N3O. The zero-order chi connectivity index (χ0) is 17.1. The monoisotopic (exact) mass is 323 g/mol. The quantitative estimate of drug-likeness (QED) is 0.418. The first kappa shape index (κ1) is 14.9. The Morgan fingerprint density at radius 1 is 0.920 bits per heavy atom. The topological polar surface area (TPSA) is 47.3 Å². The standard InChI is InChI=1S/C21H13N3O/c25-15-17-8-2-1-7-16(17)11-12-18-20-10-4-6-14-24(20)21(23-18)19-9-3-5-13-22-19/h1-10,13-15H. The van der Waals surface area contributed by atoms with E-state index < -0.39 is 0 Å². The molecule has 0 N–H and O–H groups in total. The van der Waals surface area contributed by atoms with Crippen LogP contribution in [0.2, 0.25) is 0 Å². The van der Waals surface area contributed by atoms with Crippen LogP contribution in [0.5, 0.6) is 0 Å². The average Bonchev–Trinajstić information content (AvgIpc) is 3.06. The number of carbonyl (C=O) groups excluding carboxylic acids is 1. The van der Waals surface area contributed by atoms with Crippen LogP contribution >= 0.6 is 0 Å². The molecule has 0 bridgehead atoms. The van der Waals surface area contributed by atoms with E-state index in [1.807, 2.05) is 65.2 Å². The molecule has 0 amide bonds. The fourth-order valence-electron chi connectivity index (χ4n) is 2.65. The number of aldehydes is 1. The van der Waals surface area contributed by atoms with E-state index in [1.165, 1.54) is 0 Å². The minimum absolute atomic E-state index is 0.573. The SMILES string of the molecule is O=Cc1ccccc1C#Cc1nc(-c2ccccn2)n2ccccc12. The number of hydrogen-bond donors (Lipinski definition) is 0. The van der Waals surface area contributed by atoms with Gasteiger partial charge in [0.1, 0.15) is 11.4 Å². The van der Waals surface area contributed by atoms with Gasteiger partial charge in [-0.2, -0.15) is 0 Å². The van der Waals surface area contributed by atoms with Gasteiger partial charge in [-0.25, -0.2) is 4.98 Å². The molecule has 1 aromatic carbocycles. The maximum Gasteiger partial charge on any atom is 0.164 e. The molecule has 0 fully saturated rings. The molecule has 0 atom stereocenters. The molecule has 0 aliphatic carbocycles. The van der Waals surface area contributed by atoms with E-state index in [1.54, 1.807) is 12.3 Å². The summed E-state index contributed by atoms with van der Waals surface area (Å²) in [7, 11) is 0. The number of rotatable bonds is 2. The maximum atomic E-state index is 11.1. The van der Waals surface area contributed by atoms with Gasteiger partial charge in [0.25, 0.3) is 0 Å². The molecule has 25 heavy (non-hydrogen) atoms. The van der Waals surface area contributed by atoms with Crippen LogP contribution in [0.4, 0.5) is 0 Å². The van der Waals surface area contributed by atoms with Crippen molar-refractivity contribution in [2.45, 2.75) is 0 Å². The Morgan fingerprint density at radius 2 is 1.76 bits per heavy atom. The Balaban J connectivity index is 1.87. The normalized spacial score (nSPS) is 10.2. The van der Waals surface area contributed by atoms with Crippen LogP contribution in [0.1, 0.15) is 21.6 Å². The van der Waals surface area contributed by atoms with E-state index >= 15 is 0 Å². The number of aromatic nitrogens is 3. The Kier molecular flexibility index (Phi) is 3.82. The zero-order valence-electron chi connectivity index (χ0n) is 13.3. The lowest BCUT2D eigenvalue weighted by atomic mass is 10.1. The summed E-state index contributed by atoms with van der Waals surface area (Å²) in [5.41, 5.74) is 3.60. The molecule has 4 nitrogen and oxygen atoms in total. The second-order valence-electron chi connectivity index (χ2n) is 5.41. The van der Waals surface area contributed by atoms with Gasteiger partial charge in [0.15, 0.2) is 12.1 Å². The smallest absolute Gasteiger partial charge is 0.164 e. The molecule has 3 heterocycles. The summed E-state index contributed by atoms with van der Waals surface area (Å²) in [6.07, 6.45) is 4.50. The molecule has 0 radical (unpaired) electrons. The van der Waals surface area contributed by atoms with Crippen molar-refractivity contribution in [2.24, 2.45) is 0 Å². The van der Waals surface area contributed by atoms with Crippen molar-refractivity contribution < 1.29 is 4.79 Å². The minimum atomic E-state index is 0.573. The first-order chi connectivity index (χ1) is 12.4. The highest BCUT2D eigenvalue weighted by molar-refractivity contribution is 5.79. The molecule has 0 unspecified atom stereocenters. The van der Waals surface area contributed by atoms with Crippen molar-refractivity contribution in [3.05, 3.63) is 89.9 Å². The molecule has 0 aliphatic heterocycles. The summed E-state index contributed by atoms with van der Waals surface area (Å²) in [5, 5.41) is 0. The number of pyridine rings is 2. The third kappa shape index (κ3) is 2.79. The van der Waals surface area contributed by atoms with Gasteiger partial charge in [-0.3, -0.25) is 14.2 Å².